The van der Waals surface area contributed by atoms with Crippen LogP contribution in [0.15, 0.2) is 30.5 Å². The van der Waals surface area contributed by atoms with Gasteiger partial charge in [-0.1, -0.05) is 30.5 Å². The van der Waals surface area contributed by atoms with E-state index in [4.69, 9.17) is 27.3 Å². The Hall–Kier alpha value is -2.87. The van der Waals surface area contributed by atoms with Gasteiger partial charge < -0.3 is 16.4 Å². The predicted molar refractivity (Wildman–Crippen MR) is 126 cm³/mol. The Morgan fingerprint density at radius 1 is 1.09 bits per heavy atom. The minimum atomic E-state index is -0.207. The van der Waals surface area contributed by atoms with E-state index in [1.165, 1.54) is 12.8 Å². The molecule has 2 aliphatic rings. The number of aromatic nitrogens is 4. The molecule has 3 aromatic rings. The second-order valence-corrected chi connectivity index (χ2v) is 9.31. The minimum Gasteiger partial charge on any atom is -0.369 e. The average Bonchev–Trinajstić information content (AvgIpc) is 3.41. The number of halogens is 1. The largest absolute Gasteiger partial charge is 0.369 e. The first-order valence-corrected chi connectivity index (χ1v) is 11.8. The maximum atomic E-state index is 11.7. The van der Waals surface area contributed by atoms with Crippen LogP contribution in [0.4, 0.5) is 17.6 Å². The van der Waals surface area contributed by atoms with Crippen LogP contribution in [0.1, 0.15) is 57.4 Å². The Bertz CT molecular complexity index is 1120. The van der Waals surface area contributed by atoms with E-state index < -0.39 is 0 Å². The molecule has 0 radical (unpaired) electrons. The lowest BCUT2D eigenvalue weighted by atomic mass is 9.85. The summed E-state index contributed by atoms with van der Waals surface area (Å²) >= 11 is 6.18. The van der Waals surface area contributed by atoms with Gasteiger partial charge in [-0.05, 0) is 56.7 Å². The summed E-state index contributed by atoms with van der Waals surface area (Å²) in [6.45, 7) is 0. The molecule has 0 atom stereocenters. The van der Waals surface area contributed by atoms with E-state index >= 15 is 0 Å². The number of hydrogen-bond acceptors (Lipinski definition) is 6. The maximum absolute atomic E-state index is 11.7. The van der Waals surface area contributed by atoms with E-state index in [0.29, 0.717) is 23.0 Å². The Morgan fingerprint density at radius 2 is 1.88 bits per heavy atom. The zero-order chi connectivity index (χ0) is 22.1. The summed E-state index contributed by atoms with van der Waals surface area (Å²) in [5.74, 6) is 1.09. The molecule has 168 valence electrons. The van der Waals surface area contributed by atoms with Crippen LogP contribution < -0.4 is 16.4 Å². The topological polar surface area (TPSA) is 111 Å². The summed E-state index contributed by atoms with van der Waals surface area (Å²) < 4.78 is 2.16. The summed E-state index contributed by atoms with van der Waals surface area (Å²) in [6, 6.07) is 8.17. The van der Waals surface area contributed by atoms with Gasteiger partial charge in [-0.25, -0.2) is 9.97 Å². The highest BCUT2D eigenvalue weighted by Crippen LogP contribution is 2.37. The van der Waals surface area contributed by atoms with Crippen LogP contribution in [-0.4, -0.2) is 31.5 Å². The zero-order valence-electron chi connectivity index (χ0n) is 17.9. The lowest BCUT2D eigenvalue weighted by Gasteiger charge is -2.29. The molecule has 2 heterocycles. The van der Waals surface area contributed by atoms with Gasteiger partial charge in [-0.2, -0.15) is 4.98 Å². The molecule has 0 spiro atoms. The number of anilines is 3. The fourth-order valence-corrected chi connectivity index (χ4v) is 5.15. The van der Waals surface area contributed by atoms with E-state index in [1.807, 2.05) is 24.3 Å². The highest BCUT2D eigenvalue weighted by atomic mass is 35.5. The summed E-state index contributed by atoms with van der Waals surface area (Å²) in [7, 11) is 0. The van der Waals surface area contributed by atoms with E-state index in [1.54, 1.807) is 6.20 Å². The number of carbonyl (C=O) groups is 1. The van der Waals surface area contributed by atoms with Crippen LogP contribution in [0.3, 0.4) is 0 Å². The van der Waals surface area contributed by atoms with E-state index in [0.717, 1.165) is 55.4 Å². The highest BCUT2D eigenvalue weighted by molar-refractivity contribution is 6.30. The fraction of sp³-hybridized carbons (Fsp3) is 0.478. The fourth-order valence-electron chi connectivity index (χ4n) is 4.96. The standard InChI is InChI=1S/C23H28ClN7O/c24-15-4-3-7-17(12-15)28-23-29-19-13-26-22(27-16-5-1-2-6-16)30-21(19)31(23)18-10-8-14(9-11-18)20(25)32/h3-4,7,12-14,16,18H,1-2,5-6,8-11H2,(H2,25,32)(H,28,29)(H,26,27,30). The number of nitrogens with zero attached hydrogens (tertiary/aromatic N) is 4. The molecule has 4 N–H and O–H groups in total. The van der Waals surface area contributed by atoms with Gasteiger partial charge in [-0.3, -0.25) is 9.36 Å². The van der Waals surface area contributed by atoms with Crippen molar-refractivity contribution in [3.8, 4) is 0 Å². The molecule has 2 aromatic heterocycles. The van der Waals surface area contributed by atoms with Gasteiger partial charge in [0.2, 0.25) is 17.8 Å². The van der Waals surface area contributed by atoms with Crippen LogP contribution in [0.2, 0.25) is 5.02 Å². The third-order valence-electron chi connectivity index (χ3n) is 6.67. The molecule has 0 aliphatic heterocycles. The van der Waals surface area contributed by atoms with Crippen LogP contribution in [0, 0.1) is 5.92 Å². The van der Waals surface area contributed by atoms with Crippen molar-refractivity contribution in [1.82, 2.24) is 19.5 Å². The van der Waals surface area contributed by atoms with Crippen LogP contribution >= 0.6 is 11.6 Å². The molecule has 2 fully saturated rings. The normalized spacial score (nSPS) is 21.7. The molecule has 0 bridgehead atoms. The Morgan fingerprint density at radius 3 is 2.59 bits per heavy atom. The van der Waals surface area contributed by atoms with Gasteiger partial charge in [0.25, 0.3) is 0 Å². The molecule has 5 rings (SSSR count). The smallest absolute Gasteiger partial charge is 0.224 e. The number of fused-ring (bicyclic) bond motifs is 1. The minimum absolute atomic E-state index is 0.0559. The van der Waals surface area contributed by atoms with Crippen molar-refractivity contribution in [1.29, 1.82) is 0 Å². The number of imidazole rings is 1. The van der Waals surface area contributed by atoms with Crippen molar-refractivity contribution < 1.29 is 4.79 Å². The Kier molecular flexibility index (Phi) is 5.87. The third kappa shape index (κ3) is 4.37. The number of nitrogens with two attached hydrogens (primary N) is 1. The van der Waals surface area contributed by atoms with Gasteiger partial charge in [0.05, 0.1) is 6.20 Å². The third-order valence-corrected chi connectivity index (χ3v) is 6.90. The molecular formula is C23H28ClN7O. The quantitative estimate of drug-likeness (QED) is 0.494. The highest BCUT2D eigenvalue weighted by Gasteiger charge is 2.29. The summed E-state index contributed by atoms with van der Waals surface area (Å²) in [6.07, 6.45) is 9.82. The van der Waals surface area contributed by atoms with Crippen molar-refractivity contribution in [2.24, 2.45) is 11.7 Å². The Labute approximate surface area is 192 Å². The molecule has 9 heteroatoms. The second kappa shape index (κ2) is 8.94. The van der Waals surface area contributed by atoms with E-state index in [2.05, 4.69) is 20.2 Å². The van der Waals surface area contributed by atoms with Crippen LogP contribution in [-0.2, 0) is 4.79 Å². The Balaban J connectivity index is 1.50. The van der Waals surface area contributed by atoms with Gasteiger partial charge in [0.1, 0.15) is 5.52 Å². The number of carbonyl (C=O) groups excluding carboxylic acids is 1. The molecule has 8 nitrogen and oxygen atoms in total. The lowest BCUT2D eigenvalue weighted by Crippen LogP contribution is -2.28. The van der Waals surface area contributed by atoms with Gasteiger partial charge in [0.15, 0.2) is 5.65 Å². The maximum Gasteiger partial charge on any atom is 0.224 e. The van der Waals surface area contributed by atoms with Crippen molar-refractivity contribution in [3.63, 3.8) is 0 Å². The van der Waals surface area contributed by atoms with Crippen molar-refractivity contribution in [2.45, 2.75) is 63.5 Å². The number of rotatable bonds is 6. The molecule has 1 amide bonds. The first-order chi connectivity index (χ1) is 15.6. The van der Waals surface area contributed by atoms with Gasteiger partial charge in [0, 0.05) is 28.7 Å². The SMILES string of the molecule is NC(=O)C1CCC(n2c(Nc3cccc(Cl)c3)nc3cnc(NC4CCCC4)nc32)CC1. The number of benzene rings is 1. The first kappa shape index (κ1) is 21.0. The molecular weight excluding hydrogens is 426 g/mol. The number of primary amides is 1. The van der Waals surface area contributed by atoms with E-state index in [-0.39, 0.29) is 17.9 Å². The van der Waals surface area contributed by atoms with Crippen LogP contribution in [0.5, 0.6) is 0 Å². The molecule has 1 aromatic carbocycles. The van der Waals surface area contributed by atoms with Crippen molar-refractivity contribution in [3.05, 3.63) is 35.5 Å². The first-order valence-electron chi connectivity index (χ1n) is 11.4. The summed E-state index contributed by atoms with van der Waals surface area (Å²) in [4.78, 5) is 25.8. The van der Waals surface area contributed by atoms with Gasteiger partial charge in [-0.15, -0.1) is 0 Å². The molecule has 0 unspecified atom stereocenters. The van der Waals surface area contributed by atoms with Gasteiger partial charge >= 0.3 is 0 Å². The second-order valence-electron chi connectivity index (χ2n) is 8.88. The number of hydrogen-bond donors (Lipinski definition) is 3. The number of amides is 1. The zero-order valence-corrected chi connectivity index (χ0v) is 18.7. The van der Waals surface area contributed by atoms with Crippen LogP contribution in [0.25, 0.3) is 11.2 Å². The molecule has 2 saturated carbocycles. The molecule has 0 saturated heterocycles. The lowest BCUT2D eigenvalue weighted by molar-refractivity contribution is -0.122. The van der Waals surface area contributed by atoms with Crippen molar-refractivity contribution >= 4 is 46.3 Å². The van der Waals surface area contributed by atoms with Crippen molar-refractivity contribution in [2.75, 3.05) is 10.6 Å². The summed E-state index contributed by atoms with van der Waals surface area (Å²) in [5, 5.41) is 7.56. The molecule has 2 aliphatic carbocycles. The summed E-state index contributed by atoms with van der Waals surface area (Å²) in [5.41, 5.74) is 7.95. The number of nitrogens with one attached hydrogen (secondary N) is 2. The predicted octanol–water partition coefficient (Wildman–Crippen LogP) is 4.79. The monoisotopic (exact) mass is 453 g/mol. The molecule has 32 heavy (non-hydrogen) atoms. The average molecular weight is 454 g/mol. The van der Waals surface area contributed by atoms with E-state index in [9.17, 15) is 4.79 Å².